The van der Waals surface area contributed by atoms with Gasteiger partial charge in [-0.25, -0.2) is 4.98 Å². The second-order valence-corrected chi connectivity index (χ2v) is 5.72. The highest BCUT2D eigenvalue weighted by Gasteiger charge is 2.30. The SMILES string of the molecule is Cc1nc2cc(Oc3ccc(C(F)(F)F)cc3)ccc2s1. The molecule has 3 aromatic rings. The predicted molar refractivity (Wildman–Crippen MR) is 75.9 cm³/mol. The molecule has 0 amide bonds. The Morgan fingerprint density at radius 3 is 2.33 bits per heavy atom. The number of aryl methyl sites for hydroxylation is 1. The van der Waals surface area contributed by atoms with E-state index in [-0.39, 0.29) is 0 Å². The molecular formula is C15H10F3NOS. The summed E-state index contributed by atoms with van der Waals surface area (Å²) in [4.78, 5) is 4.35. The molecule has 3 rings (SSSR count). The first-order valence-electron chi connectivity index (χ1n) is 6.14. The molecule has 0 radical (unpaired) electrons. The second kappa shape index (κ2) is 5.04. The van der Waals surface area contributed by atoms with Gasteiger partial charge in [0, 0.05) is 6.07 Å². The predicted octanol–water partition coefficient (Wildman–Crippen LogP) is 5.42. The fourth-order valence-electron chi connectivity index (χ4n) is 1.93. The van der Waals surface area contributed by atoms with E-state index in [1.54, 1.807) is 23.5 Å². The summed E-state index contributed by atoms with van der Waals surface area (Å²) in [6.07, 6.45) is -4.34. The maximum Gasteiger partial charge on any atom is 0.416 e. The highest BCUT2D eigenvalue weighted by atomic mass is 32.1. The Morgan fingerprint density at radius 2 is 1.67 bits per heavy atom. The Labute approximate surface area is 122 Å². The normalized spacial score (nSPS) is 11.8. The van der Waals surface area contributed by atoms with Gasteiger partial charge in [-0.3, -0.25) is 0 Å². The minimum atomic E-state index is -4.34. The lowest BCUT2D eigenvalue weighted by atomic mass is 10.2. The van der Waals surface area contributed by atoms with Crippen molar-refractivity contribution in [3.63, 3.8) is 0 Å². The van der Waals surface area contributed by atoms with Crippen LogP contribution in [-0.2, 0) is 6.18 Å². The van der Waals surface area contributed by atoms with Gasteiger partial charge in [0.25, 0.3) is 0 Å². The maximum atomic E-state index is 12.5. The summed E-state index contributed by atoms with van der Waals surface area (Å²) in [5, 5.41) is 0.955. The number of fused-ring (bicyclic) bond motifs is 1. The number of thiazole rings is 1. The number of halogens is 3. The second-order valence-electron chi connectivity index (χ2n) is 4.49. The molecule has 0 aliphatic heterocycles. The molecule has 0 spiro atoms. The average molecular weight is 309 g/mol. The highest BCUT2D eigenvalue weighted by Crippen LogP contribution is 2.32. The molecule has 0 atom stereocenters. The zero-order valence-corrected chi connectivity index (χ0v) is 11.8. The molecule has 0 fully saturated rings. The van der Waals surface area contributed by atoms with Crippen LogP contribution in [0.25, 0.3) is 10.2 Å². The Kier molecular flexibility index (Phi) is 3.33. The van der Waals surface area contributed by atoms with E-state index in [9.17, 15) is 13.2 Å². The number of ether oxygens (including phenoxy) is 1. The van der Waals surface area contributed by atoms with E-state index in [0.29, 0.717) is 11.5 Å². The molecule has 0 N–H and O–H groups in total. The molecule has 1 aromatic heterocycles. The number of hydrogen-bond donors (Lipinski definition) is 0. The molecule has 0 aliphatic rings. The van der Waals surface area contributed by atoms with Crippen molar-refractivity contribution in [2.45, 2.75) is 13.1 Å². The van der Waals surface area contributed by atoms with Gasteiger partial charge in [-0.15, -0.1) is 11.3 Å². The number of benzene rings is 2. The number of alkyl halides is 3. The van der Waals surface area contributed by atoms with E-state index in [4.69, 9.17) is 4.74 Å². The lowest BCUT2D eigenvalue weighted by molar-refractivity contribution is -0.137. The quantitative estimate of drug-likeness (QED) is 0.631. The van der Waals surface area contributed by atoms with Crippen molar-refractivity contribution in [1.82, 2.24) is 4.98 Å². The summed E-state index contributed by atoms with van der Waals surface area (Å²) in [6.45, 7) is 1.92. The van der Waals surface area contributed by atoms with Gasteiger partial charge in [0.15, 0.2) is 0 Å². The van der Waals surface area contributed by atoms with Crippen molar-refractivity contribution in [2.75, 3.05) is 0 Å². The third-order valence-corrected chi connectivity index (χ3v) is 3.84. The Hall–Kier alpha value is -2.08. The molecule has 0 saturated heterocycles. The van der Waals surface area contributed by atoms with E-state index < -0.39 is 11.7 Å². The average Bonchev–Trinajstić information content (AvgIpc) is 2.78. The Morgan fingerprint density at radius 1 is 1.00 bits per heavy atom. The van der Waals surface area contributed by atoms with Gasteiger partial charge in [-0.05, 0) is 43.3 Å². The maximum absolute atomic E-state index is 12.5. The summed E-state index contributed by atoms with van der Waals surface area (Å²) in [7, 11) is 0. The van der Waals surface area contributed by atoms with E-state index >= 15 is 0 Å². The van der Waals surface area contributed by atoms with Crippen LogP contribution in [0.3, 0.4) is 0 Å². The number of nitrogens with zero attached hydrogens (tertiary/aromatic N) is 1. The first-order valence-corrected chi connectivity index (χ1v) is 6.96. The monoisotopic (exact) mass is 309 g/mol. The summed E-state index contributed by atoms with van der Waals surface area (Å²) in [5.74, 6) is 0.905. The van der Waals surface area contributed by atoms with Gasteiger partial charge in [0.05, 0.1) is 20.8 Å². The largest absolute Gasteiger partial charge is 0.457 e. The molecule has 0 saturated carbocycles. The first kappa shape index (κ1) is 13.9. The van der Waals surface area contributed by atoms with Crippen LogP contribution in [-0.4, -0.2) is 4.98 Å². The van der Waals surface area contributed by atoms with Crippen molar-refractivity contribution < 1.29 is 17.9 Å². The van der Waals surface area contributed by atoms with Crippen molar-refractivity contribution in [2.24, 2.45) is 0 Å². The van der Waals surface area contributed by atoms with Crippen molar-refractivity contribution in [3.05, 3.63) is 53.0 Å². The smallest absolute Gasteiger partial charge is 0.416 e. The Balaban J connectivity index is 1.84. The Bertz CT molecular complexity index is 778. The third kappa shape index (κ3) is 3.00. The summed E-state index contributed by atoms with van der Waals surface area (Å²) < 4.78 is 44.0. The van der Waals surface area contributed by atoms with Gasteiger partial charge in [-0.1, -0.05) is 0 Å². The van der Waals surface area contributed by atoms with Crippen LogP contribution in [0.2, 0.25) is 0 Å². The van der Waals surface area contributed by atoms with Gasteiger partial charge < -0.3 is 4.74 Å². The van der Waals surface area contributed by atoms with Crippen LogP contribution in [0.15, 0.2) is 42.5 Å². The zero-order chi connectivity index (χ0) is 15.0. The minimum Gasteiger partial charge on any atom is -0.457 e. The lowest BCUT2D eigenvalue weighted by Crippen LogP contribution is -2.03. The van der Waals surface area contributed by atoms with Gasteiger partial charge >= 0.3 is 6.18 Å². The van der Waals surface area contributed by atoms with E-state index in [1.165, 1.54) is 12.1 Å². The van der Waals surface area contributed by atoms with Crippen molar-refractivity contribution in [3.8, 4) is 11.5 Å². The molecule has 2 aromatic carbocycles. The van der Waals surface area contributed by atoms with Gasteiger partial charge in [-0.2, -0.15) is 13.2 Å². The van der Waals surface area contributed by atoms with Crippen molar-refractivity contribution in [1.29, 1.82) is 0 Å². The van der Waals surface area contributed by atoms with Crippen LogP contribution in [0.1, 0.15) is 10.6 Å². The van der Waals surface area contributed by atoms with Crippen LogP contribution in [0.4, 0.5) is 13.2 Å². The molecule has 2 nitrogen and oxygen atoms in total. The van der Waals surface area contributed by atoms with Gasteiger partial charge in [0.1, 0.15) is 11.5 Å². The first-order chi connectivity index (χ1) is 9.91. The molecule has 21 heavy (non-hydrogen) atoms. The minimum absolute atomic E-state index is 0.356. The van der Waals surface area contributed by atoms with Crippen molar-refractivity contribution >= 4 is 21.6 Å². The lowest BCUT2D eigenvalue weighted by Gasteiger charge is -2.08. The summed E-state index contributed by atoms with van der Waals surface area (Å²) in [5.41, 5.74) is 0.127. The van der Waals surface area contributed by atoms with E-state index in [2.05, 4.69) is 4.98 Å². The number of aromatic nitrogens is 1. The van der Waals surface area contributed by atoms with Crippen LogP contribution >= 0.6 is 11.3 Å². The van der Waals surface area contributed by atoms with Crippen LogP contribution in [0, 0.1) is 6.92 Å². The molecular weight excluding hydrogens is 299 g/mol. The highest BCUT2D eigenvalue weighted by molar-refractivity contribution is 7.18. The van der Waals surface area contributed by atoms with Crippen LogP contribution < -0.4 is 4.74 Å². The molecule has 0 unspecified atom stereocenters. The molecule has 0 aliphatic carbocycles. The fraction of sp³-hybridized carbons (Fsp3) is 0.133. The van der Waals surface area contributed by atoms with E-state index in [1.807, 2.05) is 13.0 Å². The fourth-order valence-corrected chi connectivity index (χ4v) is 2.74. The third-order valence-electron chi connectivity index (χ3n) is 2.88. The standard InChI is InChI=1S/C15H10F3NOS/c1-9-19-13-8-12(6-7-14(13)21-9)20-11-4-2-10(3-5-11)15(16,17)18/h2-8H,1H3. The van der Waals surface area contributed by atoms with Crippen LogP contribution in [0.5, 0.6) is 11.5 Å². The van der Waals surface area contributed by atoms with Gasteiger partial charge in [0.2, 0.25) is 0 Å². The van der Waals surface area contributed by atoms with E-state index in [0.717, 1.165) is 27.4 Å². The molecule has 1 heterocycles. The number of hydrogen-bond acceptors (Lipinski definition) is 3. The molecule has 6 heteroatoms. The molecule has 108 valence electrons. The topological polar surface area (TPSA) is 22.1 Å². The molecule has 0 bridgehead atoms. The number of rotatable bonds is 2. The zero-order valence-electron chi connectivity index (χ0n) is 10.9. The summed E-state index contributed by atoms with van der Waals surface area (Å²) in [6, 6.07) is 10.0. The summed E-state index contributed by atoms with van der Waals surface area (Å²) >= 11 is 1.58.